The van der Waals surface area contributed by atoms with Gasteiger partial charge in [0, 0.05) is 22.3 Å². The number of carbonyl (C=O) groups is 3. The molecular formula is C21H22ClN3O3. The van der Waals surface area contributed by atoms with Gasteiger partial charge < -0.3 is 15.5 Å². The Hall–Kier alpha value is -2.86. The molecule has 2 aromatic carbocycles. The summed E-state index contributed by atoms with van der Waals surface area (Å²) in [5.74, 6) is -0.927. The summed E-state index contributed by atoms with van der Waals surface area (Å²) >= 11 is 5.96. The highest BCUT2D eigenvalue weighted by Gasteiger charge is 2.34. The first-order valence-electron chi connectivity index (χ1n) is 9.12. The van der Waals surface area contributed by atoms with E-state index in [1.54, 1.807) is 35.2 Å². The van der Waals surface area contributed by atoms with Crippen LogP contribution < -0.4 is 10.6 Å². The maximum atomic E-state index is 12.7. The van der Waals surface area contributed by atoms with E-state index in [0.29, 0.717) is 16.3 Å². The molecule has 7 heteroatoms. The highest BCUT2D eigenvalue weighted by Crippen LogP contribution is 2.28. The van der Waals surface area contributed by atoms with Crippen LogP contribution in [0.25, 0.3) is 0 Å². The highest BCUT2D eigenvalue weighted by molar-refractivity contribution is 6.31. The summed E-state index contributed by atoms with van der Waals surface area (Å²) in [6.45, 7) is 1.69. The van der Waals surface area contributed by atoms with E-state index in [0.717, 1.165) is 18.4 Å². The minimum Gasteiger partial charge on any atom is -0.345 e. The quantitative estimate of drug-likeness (QED) is 0.751. The van der Waals surface area contributed by atoms with Crippen LogP contribution in [0.5, 0.6) is 0 Å². The minimum absolute atomic E-state index is 0.0540. The van der Waals surface area contributed by atoms with Gasteiger partial charge in [0.05, 0.1) is 6.54 Å². The Kier molecular flexibility index (Phi) is 6.31. The number of nitrogens with one attached hydrogen (secondary N) is 2. The molecule has 0 radical (unpaired) electrons. The predicted octanol–water partition coefficient (Wildman–Crippen LogP) is 3.01. The van der Waals surface area contributed by atoms with Crippen molar-refractivity contribution in [2.24, 2.45) is 0 Å². The molecule has 0 aromatic heterocycles. The van der Waals surface area contributed by atoms with Crippen molar-refractivity contribution in [3.05, 3.63) is 64.7 Å². The zero-order valence-electron chi connectivity index (χ0n) is 15.6. The molecule has 0 unspecified atom stereocenters. The van der Waals surface area contributed by atoms with Gasteiger partial charge in [-0.25, -0.2) is 0 Å². The fourth-order valence-corrected chi connectivity index (χ4v) is 3.05. The van der Waals surface area contributed by atoms with Gasteiger partial charge in [-0.3, -0.25) is 14.4 Å². The highest BCUT2D eigenvalue weighted by atomic mass is 35.5. The normalized spacial score (nSPS) is 12.9. The van der Waals surface area contributed by atoms with Crippen LogP contribution in [-0.4, -0.2) is 41.8 Å². The molecule has 146 valence electrons. The molecule has 1 aliphatic rings. The summed E-state index contributed by atoms with van der Waals surface area (Å²) in [4.78, 5) is 38.6. The molecule has 3 amide bonds. The van der Waals surface area contributed by atoms with Crippen LogP contribution in [-0.2, 0) is 9.59 Å². The molecule has 0 spiro atoms. The maximum absolute atomic E-state index is 12.7. The van der Waals surface area contributed by atoms with Crippen molar-refractivity contribution >= 4 is 35.0 Å². The minimum atomic E-state index is -0.373. The van der Waals surface area contributed by atoms with Gasteiger partial charge in [-0.05, 0) is 55.7 Å². The molecule has 0 bridgehead atoms. The van der Waals surface area contributed by atoms with Crippen molar-refractivity contribution in [2.45, 2.75) is 25.8 Å². The molecule has 2 aromatic rings. The van der Waals surface area contributed by atoms with E-state index < -0.39 is 0 Å². The lowest BCUT2D eigenvalue weighted by Gasteiger charge is -2.22. The third-order valence-electron chi connectivity index (χ3n) is 4.38. The molecule has 1 saturated carbocycles. The summed E-state index contributed by atoms with van der Waals surface area (Å²) < 4.78 is 0. The van der Waals surface area contributed by atoms with Gasteiger partial charge in [0.2, 0.25) is 11.8 Å². The third-order valence-corrected chi connectivity index (χ3v) is 4.62. The maximum Gasteiger partial charge on any atom is 0.254 e. The zero-order valence-corrected chi connectivity index (χ0v) is 16.3. The first-order valence-corrected chi connectivity index (χ1v) is 9.50. The van der Waals surface area contributed by atoms with Crippen molar-refractivity contribution in [1.29, 1.82) is 0 Å². The van der Waals surface area contributed by atoms with E-state index in [1.165, 1.54) is 0 Å². The lowest BCUT2D eigenvalue weighted by atomic mass is 10.2. The molecular weight excluding hydrogens is 378 g/mol. The number of benzene rings is 2. The number of hydrogen-bond acceptors (Lipinski definition) is 3. The summed E-state index contributed by atoms with van der Waals surface area (Å²) in [6.07, 6.45) is 1.74. The number of halogens is 1. The van der Waals surface area contributed by atoms with Crippen molar-refractivity contribution in [3.63, 3.8) is 0 Å². The van der Waals surface area contributed by atoms with Gasteiger partial charge >= 0.3 is 0 Å². The SMILES string of the molecule is Cc1cccc(NC(=O)CNC(=O)CN(C(=O)c2cccc(Cl)c2)C2CC2)c1. The number of nitrogens with zero attached hydrogens (tertiary/aromatic N) is 1. The van der Waals surface area contributed by atoms with Crippen LogP contribution in [0.4, 0.5) is 5.69 Å². The molecule has 3 rings (SSSR count). The van der Waals surface area contributed by atoms with E-state index in [1.807, 2.05) is 25.1 Å². The summed E-state index contributed by atoms with van der Waals surface area (Å²) in [5.41, 5.74) is 2.15. The van der Waals surface area contributed by atoms with Crippen LogP contribution in [0.2, 0.25) is 5.02 Å². The Balaban J connectivity index is 1.53. The van der Waals surface area contributed by atoms with Crippen LogP contribution >= 0.6 is 11.6 Å². The number of carbonyl (C=O) groups excluding carboxylic acids is 3. The smallest absolute Gasteiger partial charge is 0.254 e. The van der Waals surface area contributed by atoms with Crippen molar-refractivity contribution < 1.29 is 14.4 Å². The molecule has 1 aliphatic carbocycles. The van der Waals surface area contributed by atoms with Gasteiger partial charge in [-0.1, -0.05) is 29.8 Å². The fourth-order valence-electron chi connectivity index (χ4n) is 2.86. The molecule has 0 aliphatic heterocycles. The zero-order chi connectivity index (χ0) is 20.1. The molecule has 1 fully saturated rings. The Morgan fingerprint density at radius 3 is 2.50 bits per heavy atom. The molecule has 0 atom stereocenters. The number of hydrogen-bond donors (Lipinski definition) is 2. The van der Waals surface area contributed by atoms with E-state index in [2.05, 4.69) is 10.6 Å². The molecule has 6 nitrogen and oxygen atoms in total. The van der Waals surface area contributed by atoms with Gasteiger partial charge in [0.15, 0.2) is 0 Å². The van der Waals surface area contributed by atoms with Crippen LogP contribution in [0.3, 0.4) is 0 Å². The predicted molar refractivity (Wildman–Crippen MR) is 108 cm³/mol. The van der Waals surface area contributed by atoms with E-state index in [-0.39, 0.29) is 36.9 Å². The lowest BCUT2D eigenvalue weighted by molar-refractivity contribution is -0.124. The third kappa shape index (κ3) is 5.57. The monoisotopic (exact) mass is 399 g/mol. The van der Waals surface area contributed by atoms with Crippen LogP contribution in [0.1, 0.15) is 28.8 Å². The van der Waals surface area contributed by atoms with Gasteiger partial charge in [-0.2, -0.15) is 0 Å². The molecule has 0 heterocycles. The Bertz CT molecular complexity index is 896. The number of rotatable bonds is 7. The second-order valence-electron chi connectivity index (χ2n) is 6.87. The number of anilines is 1. The van der Waals surface area contributed by atoms with E-state index in [4.69, 9.17) is 11.6 Å². The topological polar surface area (TPSA) is 78.5 Å². The fraction of sp³-hybridized carbons (Fsp3) is 0.286. The largest absolute Gasteiger partial charge is 0.345 e. The second-order valence-corrected chi connectivity index (χ2v) is 7.31. The lowest BCUT2D eigenvalue weighted by Crippen LogP contribution is -2.43. The van der Waals surface area contributed by atoms with Crippen LogP contribution in [0, 0.1) is 6.92 Å². The second kappa shape index (κ2) is 8.89. The van der Waals surface area contributed by atoms with E-state index >= 15 is 0 Å². The van der Waals surface area contributed by atoms with Crippen molar-refractivity contribution in [2.75, 3.05) is 18.4 Å². The van der Waals surface area contributed by atoms with Gasteiger partial charge in [-0.15, -0.1) is 0 Å². The summed E-state index contributed by atoms with van der Waals surface area (Å²) in [7, 11) is 0. The average molecular weight is 400 g/mol. The Labute approximate surface area is 168 Å². The van der Waals surface area contributed by atoms with Crippen molar-refractivity contribution in [3.8, 4) is 0 Å². The molecule has 28 heavy (non-hydrogen) atoms. The first-order chi connectivity index (χ1) is 13.4. The Morgan fingerprint density at radius 2 is 1.82 bits per heavy atom. The Morgan fingerprint density at radius 1 is 1.07 bits per heavy atom. The first kappa shape index (κ1) is 19.9. The average Bonchev–Trinajstić information content (AvgIpc) is 3.49. The molecule has 2 N–H and O–H groups in total. The van der Waals surface area contributed by atoms with E-state index in [9.17, 15) is 14.4 Å². The number of aryl methyl sites for hydroxylation is 1. The van der Waals surface area contributed by atoms with Crippen molar-refractivity contribution in [1.82, 2.24) is 10.2 Å². The van der Waals surface area contributed by atoms with Crippen LogP contribution in [0.15, 0.2) is 48.5 Å². The molecule has 0 saturated heterocycles. The summed E-state index contributed by atoms with van der Waals surface area (Å²) in [5, 5.41) is 5.78. The number of amides is 3. The van der Waals surface area contributed by atoms with Gasteiger partial charge in [0.25, 0.3) is 5.91 Å². The standard InChI is InChI=1S/C21H22ClN3O3/c1-14-4-2-7-17(10-14)24-19(26)12-23-20(27)13-25(18-8-9-18)21(28)15-5-3-6-16(22)11-15/h2-7,10-11,18H,8-9,12-13H2,1H3,(H,23,27)(H,24,26). The van der Waals surface area contributed by atoms with Gasteiger partial charge in [0.1, 0.15) is 6.54 Å². The summed E-state index contributed by atoms with van der Waals surface area (Å²) in [6, 6.07) is 14.1.